The predicted molar refractivity (Wildman–Crippen MR) is 150 cm³/mol. The van der Waals surface area contributed by atoms with Crippen LogP contribution in [0.1, 0.15) is 42.4 Å². The summed E-state index contributed by atoms with van der Waals surface area (Å²) in [5.41, 5.74) is 1.94. The second kappa shape index (κ2) is 15.0. The fraction of sp³-hybridized carbons (Fsp3) is 0.286. The normalized spacial score (nSPS) is 12.5. The van der Waals surface area contributed by atoms with Gasteiger partial charge in [0.1, 0.15) is 5.75 Å². The molecule has 11 heteroatoms. The smallest absolute Gasteiger partial charge is 0.295 e. The van der Waals surface area contributed by atoms with E-state index in [0.29, 0.717) is 46.0 Å². The third kappa shape index (κ3) is 6.98. The fourth-order valence-corrected chi connectivity index (χ4v) is 4.63. The van der Waals surface area contributed by atoms with Crippen molar-refractivity contribution in [1.29, 1.82) is 0 Å². The third-order valence-corrected chi connectivity index (χ3v) is 6.52. The van der Waals surface area contributed by atoms with Crippen molar-refractivity contribution in [2.45, 2.75) is 20.3 Å². The molecule has 0 bridgehead atoms. The molecule has 205 valence electrons. The number of hydrogen-bond acceptors (Lipinski definition) is 7. The van der Waals surface area contributed by atoms with Gasteiger partial charge in [-0.2, -0.15) is 5.38 Å². The van der Waals surface area contributed by atoms with E-state index < -0.39 is 11.7 Å². The van der Waals surface area contributed by atoms with Gasteiger partial charge in [0.15, 0.2) is 0 Å². The molecule has 1 aliphatic heterocycles. The summed E-state index contributed by atoms with van der Waals surface area (Å²) >= 11 is 1.30. The number of hydrogen-bond donors (Lipinski definition) is 1. The number of rotatable bonds is 5. The van der Waals surface area contributed by atoms with Gasteiger partial charge in [0.25, 0.3) is 17.6 Å². The van der Waals surface area contributed by atoms with Crippen molar-refractivity contribution in [2.24, 2.45) is 0 Å². The number of carbonyl (C=O) groups excluding carboxylic acids is 3. The van der Waals surface area contributed by atoms with Crippen LogP contribution in [0.2, 0.25) is 0 Å². The molecule has 1 aliphatic rings. The van der Waals surface area contributed by atoms with Gasteiger partial charge in [-0.3, -0.25) is 19.4 Å². The van der Waals surface area contributed by atoms with Gasteiger partial charge in [0, 0.05) is 77.8 Å². The van der Waals surface area contributed by atoms with Gasteiger partial charge in [0.05, 0.1) is 29.8 Å². The van der Waals surface area contributed by atoms with Crippen LogP contribution in [0.3, 0.4) is 0 Å². The van der Waals surface area contributed by atoms with Crippen molar-refractivity contribution in [2.75, 3.05) is 33.3 Å². The minimum Gasteiger partial charge on any atom is -0.494 e. The van der Waals surface area contributed by atoms with Crippen molar-refractivity contribution in [3.05, 3.63) is 72.9 Å². The van der Waals surface area contributed by atoms with Gasteiger partial charge in [-0.15, -0.1) is 0 Å². The largest absolute Gasteiger partial charge is 0.494 e. The summed E-state index contributed by atoms with van der Waals surface area (Å²) in [4.78, 5) is 53.9. The molecule has 0 aliphatic carbocycles. The molecule has 0 saturated carbocycles. The summed E-state index contributed by atoms with van der Waals surface area (Å²) in [6.45, 7) is 5.53. The van der Waals surface area contributed by atoms with E-state index in [2.05, 4.69) is 34.2 Å². The molecular weight excluding hydrogens is 591 g/mol. The number of benzene rings is 1. The van der Waals surface area contributed by atoms with Gasteiger partial charge in [-0.1, -0.05) is 44.7 Å². The third-order valence-electron chi connectivity index (χ3n) is 5.80. The Morgan fingerprint density at radius 2 is 1.72 bits per heavy atom. The van der Waals surface area contributed by atoms with Crippen LogP contribution < -0.4 is 4.74 Å². The van der Waals surface area contributed by atoms with Crippen LogP contribution in [-0.4, -0.2) is 75.6 Å². The van der Waals surface area contributed by atoms with E-state index >= 15 is 0 Å². The molecule has 1 aromatic carbocycles. The second-order valence-electron chi connectivity index (χ2n) is 8.40. The van der Waals surface area contributed by atoms with Crippen LogP contribution in [0, 0.1) is 12.8 Å². The molecule has 4 aromatic rings. The number of ether oxygens (including phenoxy) is 1. The standard InChI is InChI=1S/C24H20N5O4S.C3H8.CH3.Y.H2/c1-33-17-14-27-20(22-25-7-12-34-22)19-18(17)16(13-26-19)21(30)24(32)29-10-8-28(9-11-29)23(31)15-5-3-2-4-6-15;1-3-2;;;/h2-7,13-14,26H,8-11H2,1H3;3H2,1-2H3;1H3;;1H/q-1;;-1;;. The molecule has 1 fully saturated rings. The summed E-state index contributed by atoms with van der Waals surface area (Å²) in [6, 6.07) is 9.01. The monoisotopic (exact) mass is 624 g/mol. The molecular formula is C28H33N5O4SY-2. The number of pyridine rings is 1. The molecule has 0 spiro atoms. The maximum Gasteiger partial charge on any atom is 0.295 e. The summed E-state index contributed by atoms with van der Waals surface area (Å²) in [5, 5.41) is 4.05. The average molecular weight is 625 g/mol. The number of nitrogens with one attached hydrogen (secondary N) is 1. The molecule has 0 atom stereocenters. The van der Waals surface area contributed by atoms with Gasteiger partial charge >= 0.3 is 0 Å². The number of piperazine rings is 1. The maximum atomic E-state index is 13.2. The molecule has 9 nitrogen and oxygen atoms in total. The van der Waals surface area contributed by atoms with Crippen LogP contribution in [0.15, 0.2) is 48.9 Å². The van der Waals surface area contributed by atoms with Crippen molar-refractivity contribution >= 4 is 39.8 Å². The van der Waals surface area contributed by atoms with E-state index in [0.717, 1.165) is 0 Å². The maximum absolute atomic E-state index is 13.2. The van der Waals surface area contributed by atoms with Crippen molar-refractivity contribution in [1.82, 2.24) is 24.8 Å². The minimum atomic E-state index is -0.643. The molecule has 4 heterocycles. The van der Waals surface area contributed by atoms with Crippen molar-refractivity contribution < 1.29 is 53.3 Å². The van der Waals surface area contributed by atoms with E-state index in [1.165, 1.54) is 42.2 Å². The topological polar surface area (TPSA) is 108 Å². The zero-order valence-electron chi connectivity index (χ0n) is 22.6. The number of aromatic nitrogens is 3. The first-order valence-corrected chi connectivity index (χ1v) is 12.9. The molecule has 2 amide bonds. The summed E-state index contributed by atoms with van der Waals surface area (Å²) in [7, 11) is 1.49. The molecule has 1 radical (unpaired) electrons. The van der Waals surface area contributed by atoms with Gasteiger partial charge < -0.3 is 43.3 Å². The first kappa shape index (κ1) is 32.3. The summed E-state index contributed by atoms with van der Waals surface area (Å²) in [6.07, 6.45) is 5.83. The van der Waals surface area contributed by atoms with Gasteiger partial charge in [0.2, 0.25) is 0 Å². The Morgan fingerprint density at radius 1 is 1.08 bits per heavy atom. The van der Waals surface area contributed by atoms with Gasteiger partial charge in [-0.25, -0.2) is 0 Å². The number of methoxy groups -OCH3 is 1. The number of H-pyrrole nitrogens is 1. The van der Waals surface area contributed by atoms with Crippen LogP contribution >= 0.6 is 11.3 Å². The Bertz CT molecular complexity index is 1390. The summed E-state index contributed by atoms with van der Waals surface area (Å²) < 4.78 is 5.43. The number of nitrogens with zero attached hydrogens (tertiary/aromatic N) is 4. The number of ketones is 1. The van der Waals surface area contributed by atoms with E-state index in [-0.39, 0.29) is 66.1 Å². The molecule has 1 N–H and O–H groups in total. The zero-order chi connectivity index (χ0) is 26.4. The Morgan fingerprint density at radius 3 is 2.31 bits per heavy atom. The van der Waals surface area contributed by atoms with Crippen molar-refractivity contribution in [3.63, 3.8) is 0 Å². The molecule has 3 aromatic heterocycles. The number of aromatic amines is 1. The average Bonchev–Trinajstić information content (AvgIpc) is 3.63. The van der Waals surface area contributed by atoms with Crippen LogP contribution in [0.4, 0.5) is 0 Å². The second-order valence-corrected chi connectivity index (χ2v) is 9.22. The first-order valence-electron chi connectivity index (χ1n) is 12.0. The van der Waals surface area contributed by atoms with E-state index in [4.69, 9.17) is 4.74 Å². The number of Topliss-reactive ketones (excluding diaryl/α,β-unsaturated/α-hetero) is 1. The van der Waals surface area contributed by atoms with E-state index in [9.17, 15) is 14.4 Å². The molecule has 39 heavy (non-hydrogen) atoms. The summed E-state index contributed by atoms with van der Waals surface area (Å²) in [5.74, 6) is -0.958. The van der Waals surface area contributed by atoms with E-state index in [1.807, 2.05) is 18.2 Å². The Hall–Kier alpha value is -2.95. The number of fused-ring (bicyclic) bond motifs is 1. The molecule has 5 rings (SSSR count). The van der Waals surface area contributed by atoms with Crippen molar-refractivity contribution in [3.8, 4) is 16.5 Å². The fourth-order valence-electron chi connectivity index (χ4n) is 4.05. The Balaban J connectivity index is 0.00000128. The molecule has 0 unspecified atom stereocenters. The quantitative estimate of drug-likeness (QED) is 0.195. The number of thiazole rings is 1. The minimum absolute atomic E-state index is 0. The SMILES string of the molecule is CCC.COc1cnc(-c2nc[c-]s2)c2[nH]cc(C(=O)C(=O)N3CCN(C(=O)c4ccccc4)CC3)c12.[CH3-].[HH].[Y]. The Labute approximate surface area is 259 Å². The van der Waals surface area contributed by atoms with E-state index in [1.54, 1.807) is 23.2 Å². The predicted octanol–water partition coefficient (Wildman–Crippen LogP) is 4.77. The van der Waals surface area contributed by atoms with Crippen LogP contribution in [0.5, 0.6) is 5.75 Å². The Kier molecular flexibility index (Phi) is 12.4. The first-order chi connectivity index (χ1) is 18.0. The number of amides is 2. The van der Waals surface area contributed by atoms with Crippen LogP contribution in [0.25, 0.3) is 21.6 Å². The van der Waals surface area contributed by atoms with Gasteiger partial charge in [-0.05, 0) is 17.1 Å². The van der Waals surface area contributed by atoms with Crippen LogP contribution in [-0.2, 0) is 37.5 Å². The zero-order valence-corrected chi connectivity index (χ0v) is 26.2. The molecule has 1 saturated heterocycles. The number of carbonyl (C=O) groups is 3.